The van der Waals surface area contributed by atoms with Gasteiger partial charge in [-0.2, -0.15) is 0 Å². The zero-order valence-corrected chi connectivity index (χ0v) is 16.7. The molecule has 3 N–H and O–H groups in total. The van der Waals surface area contributed by atoms with E-state index in [4.69, 9.17) is 21.4 Å². The van der Waals surface area contributed by atoms with Crippen molar-refractivity contribution in [3.63, 3.8) is 0 Å². The predicted octanol–water partition coefficient (Wildman–Crippen LogP) is 4.22. The van der Waals surface area contributed by atoms with E-state index in [9.17, 15) is 15.0 Å². The van der Waals surface area contributed by atoms with Crippen molar-refractivity contribution in [2.24, 2.45) is 11.8 Å². The van der Waals surface area contributed by atoms with Gasteiger partial charge in [-0.05, 0) is 62.1 Å². The van der Waals surface area contributed by atoms with Crippen LogP contribution < -0.4 is 4.74 Å². The predicted molar refractivity (Wildman–Crippen MR) is 110 cm³/mol. The summed E-state index contributed by atoms with van der Waals surface area (Å²) in [5.74, 6) is 0.164. The quantitative estimate of drug-likeness (QED) is 0.377. The van der Waals surface area contributed by atoms with Crippen molar-refractivity contribution in [3.8, 4) is 5.75 Å². The van der Waals surface area contributed by atoms with E-state index in [-0.39, 0.29) is 31.0 Å². The first-order chi connectivity index (χ1) is 13.5. The van der Waals surface area contributed by atoms with E-state index >= 15 is 0 Å². The summed E-state index contributed by atoms with van der Waals surface area (Å²) in [7, 11) is 0. The van der Waals surface area contributed by atoms with Crippen molar-refractivity contribution in [1.82, 2.24) is 0 Å². The molecule has 5 nitrogen and oxygen atoms in total. The lowest BCUT2D eigenvalue weighted by Gasteiger charge is -2.18. The second-order valence-corrected chi connectivity index (χ2v) is 7.62. The Morgan fingerprint density at radius 3 is 2.89 bits per heavy atom. The Balaban J connectivity index is 1.76. The molecule has 1 aliphatic carbocycles. The molecule has 0 bridgehead atoms. The first-order valence-electron chi connectivity index (χ1n) is 9.75. The number of carboxylic acid groups (broad SMARTS) is 1. The lowest BCUT2D eigenvalue weighted by Crippen LogP contribution is -2.19. The Labute approximate surface area is 171 Å². The summed E-state index contributed by atoms with van der Waals surface area (Å²) in [6, 6.07) is 7.04. The van der Waals surface area contributed by atoms with Crippen LogP contribution in [0.3, 0.4) is 0 Å². The second kappa shape index (κ2) is 11.9. The van der Waals surface area contributed by atoms with Gasteiger partial charge in [0.25, 0.3) is 0 Å². The molecule has 1 aliphatic rings. The molecule has 0 radical (unpaired) electrons. The molecule has 0 aliphatic heterocycles. The third-order valence-electron chi connectivity index (χ3n) is 4.97. The molecule has 2 rings (SSSR count). The number of unbranched alkanes of at least 4 members (excludes halogenated alkanes) is 1. The van der Waals surface area contributed by atoms with E-state index in [2.05, 4.69) is 0 Å². The van der Waals surface area contributed by atoms with Gasteiger partial charge >= 0.3 is 5.97 Å². The number of aliphatic carboxylic acids is 1. The van der Waals surface area contributed by atoms with Gasteiger partial charge in [-0.25, -0.2) is 0 Å². The fraction of sp³-hybridized carbons (Fsp3) is 0.500. The number of halogens is 1. The summed E-state index contributed by atoms with van der Waals surface area (Å²) >= 11 is 5.91. The van der Waals surface area contributed by atoms with Crippen molar-refractivity contribution in [2.45, 2.75) is 50.7 Å². The van der Waals surface area contributed by atoms with Crippen LogP contribution in [-0.4, -0.2) is 40.1 Å². The van der Waals surface area contributed by atoms with Gasteiger partial charge in [0.15, 0.2) is 0 Å². The summed E-state index contributed by atoms with van der Waals surface area (Å²) in [5.41, 5.74) is 0. The molecule has 6 heteroatoms. The van der Waals surface area contributed by atoms with Crippen molar-refractivity contribution >= 4 is 17.6 Å². The maximum absolute atomic E-state index is 10.5. The van der Waals surface area contributed by atoms with E-state index in [1.165, 1.54) is 0 Å². The van der Waals surface area contributed by atoms with Crippen molar-refractivity contribution in [3.05, 3.63) is 53.6 Å². The number of hydrogen-bond acceptors (Lipinski definition) is 4. The smallest absolute Gasteiger partial charge is 0.303 e. The normalized spacial score (nSPS) is 23.5. The molecule has 0 saturated heterocycles. The summed E-state index contributed by atoms with van der Waals surface area (Å²) in [6.45, 7) is 0.139. The molecule has 1 saturated carbocycles. The monoisotopic (exact) mass is 408 g/mol. The Hall–Kier alpha value is -1.82. The van der Waals surface area contributed by atoms with Crippen LogP contribution >= 0.6 is 11.6 Å². The van der Waals surface area contributed by atoms with Gasteiger partial charge in [-0.1, -0.05) is 42.0 Å². The van der Waals surface area contributed by atoms with Gasteiger partial charge in [-0.15, -0.1) is 0 Å². The molecule has 1 fully saturated rings. The molecule has 28 heavy (non-hydrogen) atoms. The van der Waals surface area contributed by atoms with E-state index < -0.39 is 12.1 Å². The van der Waals surface area contributed by atoms with Crippen molar-refractivity contribution in [1.29, 1.82) is 0 Å². The van der Waals surface area contributed by atoms with Gasteiger partial charge < -0.3 is 20.1 Å². The highest BCUT2D eigenvalue weighted by atomic mass is 35.5. The van der Waals surface area contributed by atoms with Gasteiger partial charge in [0.2, 0.25) is 0 Å². The molecule has 0 spiro atoms. The average molecular weight is 409 g/mol. The molecule has 0 heterocycles. The molecule has 4 atom stereocenters. The third-order valence-corrected chi connectivity index (χ3v) is 5.21. The number of benzene rings is 1. The first kappa shape index (κ1) is 22.5. The van der Waals surface area contributed by atoms with Gasteiger partial charge in [0.1, 0.15) is 18.5 Å². The fourth-order valence-electron chi connectivity index (χ4n) is 3.45. The fourth-order valence-corrected chi connectivity index (χ4v) is 3.64. The first-order valence-corrected chi connectivity index (χ1v) is 10.1. The highest BCUT2D eigenvalue weighted by Crippen LogP contribution is 2.36. The van der Waals surface area contributed by atoms with Crippen LogP contribution in [0.2, 0.25) is 5.02 Å². The number of hydrogen-bond donors (Lipinski definition) is 3. The summed E-state index contributed by atoms with van der Waals surface area (Å²) in [6.07, 6.45) is 10.6. The number of ether oxygens (including phenoxy) is 1. The van der Waals surface area contributed by atoms with Crippen LogP contribution in [-0.2, 0) is 4.79 Å². The Morgan fingerprint density at radius 1 is 1.32 bits per heavy atom. The number of rotatable bonds is 11. The Bertz CT molecular complexity index is 673. The van der Waals surface area contributed by atoms with Gasteiger partial charge in [0.05, 0.1) is 6.10 Å². The summed E-state index contributed by atoms with van der Waals surface area (Å²) < 4.78 is 5.54. The van der Waals surface area contributed by atoms with Crippen LogP contribution in [0.1, 0.15) is 38.5 Å². The van der Waals surface area contributed by atoms with Crippen molar-refractivity contribution in [2.75, 3.05) is 6.61 Å². The Morgan fingerprint density at radius 2 is 2.14 bits per heavy atom. The largest absolute Gasteiger partial charge is 0.491 e. The molecular weight excluding hydrogens is 380 g/mol. The minimum atomic E-state index is -0.775. The summed E-state index contributed by atoms with van der Waals surface area (Å²) in [4.78, 5) is 10.5. The standard InChI is InChI=1S/C22H29ClO5/c23-17-6-5-7-19(14-17)28-15-18(24)12-10-16-11-13-21(25)20(16)8-3-1-2-4-9-22(26)27/h1,3,5-7,10,12,14,16,18,20-21,24-25H,2,4,8-9,11,13,15H2,(H,26,27). The molecule has 1 aromatic rings. The van der Waals surface area contributed by atoms with Gasteiger partial charge in [0, 0.05) is 11.4 Å². The lowest BCUT2D eigenvalue weighted by atomic mass is 9.90. The number of carbonyl (C=O) groups is 1. The SMILES string of the molecule is O=C(O)CCCC=CCC1C(O)CCC1C=CC(O)COc1cccc(Cl)c1. The van der Waals surface area contributed by atoms with Crippen LogP contribution in [0.15, 0.2) is 48.6 Å². The average Bonchev–Trinajstić information content (AvgIpc) is 3.01. The van der Waals surface area contributed by atoms with E-state index in [0.29, 0.717) is 17.2 Å². The second-order valence-electron chi connectivity index (χ2n) is 7.19. The molecule has 1 aromatic carbocycles. The number of carboxylic acids is 1. The highest BCUT2D eigenvalue weighted by Gasteiger charge is 2.32. The molecule has 0 amide bonds. The zero-order chi connectivity index (χ0) is 20.4. The van der Waals surface area contributed by atoms with Crippen LogP contribution in [0.5, 0.6) is 5.75 Å². The molecule has 154 valence electrons. The van der Waals surface area contributed by atoms with Gasteiger partial charge in [-0.3, -0.25) is 4.79 Å². The van der Waals surface area contributed by atoms with E-state index in [0.717, 1.165) is 25.7 Å². The lowest BCUT2D eigenvalue weighted by molar-refractivity contribution is -0.137. The maximum Gasteiger partial charge on any atom is 0.303 e. The van der Waals surface area contributed by atoms with E-state index in [1.54, 1.807) is 30.3 Å². The number of aliphatic hydroxyl groups is 2. The highest BCUT2D eigenvalue weighted by molar-refractivity contribution is 6.30. The van der Waals surface area contributed by atoms with E-state index in [1.807, 2.05) is 18.2 Å². The number of allylic oxidation sites excluding steroid dienone is 3. The molecule has 0 aromatic heterocycles. The molecular formula is C22H29ClO5. The van der Waals surface area contributed by atoms with Crippen molar-refractivity contribution < 1.29 is 24.9 Å². The molecule has 4 unspecified atom stereocenters. The number of aliphatic hydroxyl groups excluding tert-OH is 2. The minimum Gasteiger partial charge on any atom is -0.491 e. The maximum atomic E-state index is 10.5. The third kappa shape index (κ3) is 8.05. The topological polar surface area (TPSA) is 87.0 Å². The van der Waals surface area contributed by atoms with Crippen LogP contribution in [0.4, 0.5) is 0 Å². The van der Waals surface area contributed by atoms with Crippen LogP contribution in [0.25, 0.3) is 0 Å². The Kier molecular flexibility index (Phi) is 9.55. The zero-order valence-electron chi connectivity index (χ0n) is 15.9. The minimum absolute atomic E-state index is 0.119. The summed E-state index contributed by atoms with van der Waals surface area (Å²) in [5, 5.41) is 29.6. The van der Waals surface area contributed by atoms with Crippen LogP contribution in [0, 0.1) is 11.8 Å².